The van der Waals surface area contributed by atoms with Crippen molar-refractivity contribution >= 4 is 52.8 Å². The van der Waals surface area contributed by atoms with Crippen molar-refractivity contribution in [1.82, 2.24) is 24.7 Å². The smallest absolute Gasteiger partial charge is 0.262 e. The molecule has 6 aliphatic rings. The molecule has 0 spiro atoms. The summed E-state index contributed by atoms with van der Waals surface area (Å²) in [5.41, 5.74) is 5.97. The maximum atomic E-state index is 14.4. The van der Waals surface area contributed by atoms with Crippen LogP contribution in [0.5, 0.6) is 5.75 Å². The molecule has 5 amide bonds. The number of hydrogen-bond donors (Lipinski definition) is 1. The number of primary amides is 1. The zero-order valence-electron chi connectivity index (χ0n) is 34.1. The molecular formula is C44H48ClN9O6. The van der Waals surface area contributed by atoms with E-state index in [-0.39, 0.29) is 34.9 Å². The fraction of sp³-hybridized carbons (Fsp3) is 0.500. The Balaban J connectivity index is 0.826. The van der Waals surface area contributed by atoms with E-state index < -0.39 is 52.6 Å². The summed E-state index contributed by atoms with van der Waals surface area (Å²) in [5, 5.41) is 9.55. The van der Waals surface area contributed by atoms with Crippen LogP contribution in [0.2, 0.25) is 5.02 Å². The van der Waals surface area contributed by atoms with Crippen molar-refractivity contribution in [2.24, 2.45) is 28.4 Å². The molecule has 2 bridgehead atoms. The number of aromatic nitrogens is 2. The molecule has 2 saturated carbocycles. The van der Waals surface area contributed by atoms with E-state index in [0.29, 0.717) is 40.7 Å². The van der Waals surface area contributed by atoms with Gasteiger partial charge >= 0.3 is 0 Å². The number of nitrogens with two attached hydrogens (primary N) is 1. The molecule has 2 aromatic carbocycles. The number of piperazine rings is 1. The van der Waals surface area contributed by atoms with Crippen molar-refractivity contribution in [3.8, 4) is 11.8 Å². The van der Waals surface area contributed by atoms with Gasteiger partial charge in [0.05, 0.1) is 33.3 Å². The SMILES string of the molecule is CC1(C)C(Oc2ccc(C#N)c(Cl)c2)C(C)(C)C1N1C(=O)CC[C@@H](N2C(=O)c3ccc(N4CCN(C[C@@H]5C[C@@H]6C[C@H]5CN6c5ncc(C(N)=O)cn5)CC4)cc3C2=O)C1=O. The Bertz CT molecular complexity index is 2340. The van der Waals surface area contributed by atoms with Crippen molar-refractivity contribution in [3.05, 3.63) is 76.1 Å². The second-order valence-corrected chi connectivity index (χ2v) is 18.8. The number of nitriles is 1. The van der Waals surface area contributed by atoms with Crippen LogP contribution in [0.1, 0.15) is 90.0 Å². The Morgan fingerprint density at radius 1 is 0.933 bits per heavy atom. The van der Waals surface area contributed by atoms with Crippen LogP contribution in [0.4, 0.5) is 11.6 Å². The first kappa shape index (κ1) is 39.8. The number of carbonyl (C=O) groups excluding carboxylic acids is 5. The number of carbonyl (C=O) groups is 5. The topological polar surface area (TPSA) is 186 Å². The Hall–Kier alpha value is -5.59. The maximum absolute atomic E-state index is 14.4. The lowest BCUT2D eigenvalue weighted by Crippen LogP contribution is -2.77. The number of likely N-dealkylation sites (tertiary alicyclic amines) is 1. The molecule has 60 heavy (non-hydrogen) atoms. The quantitative estimate of drug-likeness (QED) is 0.305. The minimum Gasteiger partial charge on any atom is -0.489 e. The molecule has 5 fully saturated rings. The summed E-state index contributed by atoms with van der Waals surface area (Å²) in [4.78, 5) is 85.6. The molecule has 4 atom stereocenters. The number of halogens is 1. The van der Waals surface area contributed by atoms with Crippen LogP contribution in [0.3, 0.4) is 0 Å². The van der Waals surface area contributed by atoms with Crippen LogP contribution in [0, 0.1) is 34.0 Å². The second-order valence-electron chi connectivity index (χ2n) is 18.4. The third kappa shape index (κ3) is 6.37. The van der Waals surface area contributed by atoms with Gasteiger partial charge in [0, 0.05) is 86.7 Å². The molecule has 4 aliphatic heterocycles. The highest BCUT2D eigenvalue weighted by molar-refractivity contribution is 6.31. The number of fused-ring (bicyclic) bond motifs is 3. The average Bonchev–Trinajstić information content (AvgIpc) is 3.90. The molecule has 15 nitrogen and oxygen atoms in total. The number of ether oxygens (including phenoxy) is 1. The Labute approximate surface area is 353 Å². The molecule has 2 N–H and O–H groups in total. The van der Waals surface area contributed by atoms with Gasteiger partial charge in [-0.2, -0.15) is 5.26 Å². The number of nitrogens with zero attached hydrogens (tertiary/aromatic N) is 8. The third-order valence-electron chi connectivity index (χ3n) is 14.1. The van der Waals surface area contributed by atoms with Crippen LogP contribution in [-0.4, -0.2) is 118 Å². The zero-order valence-corrected chi connectivity index (χ0v) is 34.9. The summed E-state index contributed by atoms with van der Waals surface area (Å²) >= 11 is 6.28. The number of piperidine rings is 2. The Kier molecular flexibility index (Phi) is 9.66. The summed E-state index contributed by atoms with van der Waals surface area (Å²) in [5.74, 6) is -0.232. The van der Waals surface area contributed by atoms with Gasteiger partial charge in [-0.05, 0) is 61.4 Å². The maximum Gasteiger partial charge on any atom is 0.262 e. The number of anilines is 2. The fourth-order valence-electron chi connectivity index (χ4n) is 11.5. The minimum absolute atomic E-state index is 0.0138. The lowest BCUT2D eigenvalue weighted by molar-refractivity contribution is -0.216. The molecule has 3 aromatic rings. The van der Waals surface area contributed by atoms with E-state index in [4.69, 9.17) is 22.1 Å². The highest BCUT2D eigenvalue weighted by Crippen LogP contribution is 2.59. The van der Waals surface area contributed by atoms with Crippen LogP contribution in [0.25, 0.3) is 0 Å². The van der Waals surface area contributed by atoms with Crippen molar-refractivity contribution in [1.29, 1.82) is 5.26 Å². The van der Waals surface area contributed by atoms with Crippen molar-refractivity contribution in [2.45, 2.75) is 77.6 Å². The normalized spacial score (nSPS) is 28.2. The molecule has 312 valence electrons. The van der Waals surface area contributed by atoms with Gasteiger partial charge in [0.2, 0.25) is 11.9 Å². The van der Waals surface area contributed by atoms with Gasteiger partial charge in [0.25, 0.3) is 23.6 Å². The van der Waals surface area contributed by atoms with Gasteiger partial charge in [0.15, 0.2) is 0 Å². The van der Waals surface area contributed by atoms with Gasteiger partial charge in [0.1, 0.15) is 24.0 Å². The molecule has 1 aromatic heterocycles. The molecule has 5 heterocycles. The monoisotopic (exact) mass is 833 g/mol. The van der Waals surface area contributed by atoms with E-state index in [1.807, 2.05) is 39.8 Å². The number of benzene rings is 2. The summed E-state index contributed by atoms with van der Waals surface area (Å²) in [6, 6.07) is 10.9. The second kappa shape index (κ2) is 14.6. The van der Waals surface area contributed by atoms with E-state index >= 15 is 0 Å². The molecule has 16 heteroatoms. The summed E-state index contributed by atoms with van der Waals surface area (Å²) in [7, 11) is 0. The molecule has 0 radical (unpaired) electrons. The van der Waals surface area contributed by atoms with E-state index in [2.05, 4.69) is 24.7 Å². The first-order valence-corrected chi connectivity index (χ1v) is 21.1. The third-order valence-corrected chi connectivity index (χ3v) is 14.4. The molecular weight excluding hydrogens is 786 g/mol. The van der Waals surface area contributed by atoms with Crippen LogP contribution in [0.15, 0.2) is 48.8 Å². The first-order valence-electron chi connectivity index (χ1n) is 20.7. The van der Waals surface area contributed by atoms with E-state index in [0.717, 1.165) is 62.7 Å². The Morgan fingerprint density at radius 3 is 2.27 bits per heavy atom. The number of amides is 5. The summed E-state index contributed by atoms with van der Waals surface area (Å²) in [6.45, 7) is 12.9. The van der Waals surface area contributed by atoms with Crippen molar-refractivity contribution in [3.63, 3.8) is 0 Å². The summed E-state index contributed by atoms with van der Waals surface area (Å²) < 4.78 is 6.40. The number of imide groups is 2. The van der Waals surface area contributed by atoms with E-state index in [1.165, 1.54) is 17.3 Å². The van der Waals surface area contributed by atoms with Crippen LogP contribution >= 0.6 is 11.6 Å². The highest BCUT2D eigenvalue weighted by Gasteiger charge is 2.68. The fourth-order valence-corrected chi connectivity index (χ4v) is 11.8. The Morgan fingerprint density at radius 2 is 1.63 bits per heavy atom. The molecule has 9 rings (SSSR count). The molecule has 3 saturated heterocycles. The molecule has 2 aliphatic carbocycles. The lowest BCUT2D eigenvalue weighted by Gasteiger charge is -2.65. The predicted molar refractivity (Wildman–Crippen MR) is 220 cm³/mol. The lowest BCUT2D eigenvalue weighted by atomic mass is 9.48. The minimum atomic E-state index is -1.11. The van der Waals surface area contributed by atoms with Gasteiger partial charge in [-0.25, -0.2) is 9.97 Å². The van der Waals surface area contributed by atoms with Gasteiger partial charge in [-0.15, -0.1) is 0 Å². The number of rotatable bonds is 9. The standard InChI is InChI=1S/C44H48ClN9O6/c1-43(2)40(44(3,4)41(43)60-30-7-5-24(19-46)33(45)18-30)54-35(55)10-9-34(39(54)59)53-37(57)31-8-6-28(17-32(31)38(53)58)51-13-11-50(12-14-51)22-25-15-29-16-26(25)23-52(29)42-48-20-27(21-49-42)36(47)56/h5-8,17-18,20-21,25-26,29,34,40-41H,9-16,22-23H2,1-4H3,(H2,47,56)/t25-,26-,29+,34+,40?,41?/m0/s1. The van der Waals surface area contributed by atoms with Gasteiger partial charge in [-0.3, -0.25) is 38.7 Å². The molecule has 0 unspecified atom stereocenters. The highest BCUT2D eigenvalue weighted by atomic mass is 35.5. The average molecular weight is 834 g/mol. The number of hydrogen-bond acceptors (Lipinski definition) is 12. The van der Waals surface area contributed by atoms with Gasteiger partial charge < -0.3 is 20.3 Å². The first-order chi connectivity index (χ1) is 28.6. The van der Waals surface area contributed by atoms with Crippen molar-refractivity contribution < 1.29 is 28.7 Å². The van der Waals surface area contributed by atoms with Crippen LogP contribution < -0.4 is 20.3 Å². The van der Waals surface area contributed by atoms with Gasteiger partial charge in [-0.1, -0.05) is 39.3 Å². The summed E-state index contributed by atoms with van der Waals surface area (Å²) in [6.07, 6.45) is 4.81. The van der Waals surface area contributed by atoms with Crippen molar-refractivity contribution in [2.75, 3.05) is 49.1 Å². The van der Waals surface area contributed by atoms with Crippen LogP contribution in [-0.2, 0) is 9.59 Å². The predicted octanol–water partition coefficient (Wildman–Crippen LogP) is 4.13. The van der Waals surface area contributed by atoms with E-state index in [9.17, 15) is 29.2 Å². The zero-order chi connectivity index (χ0) is 42.4. The van der Waals surface area contributed by atoms with E-state index in [1.54, 1.807) is 30.3 Å². The largest absolute Gasteiger partial charge is 0.489 e.